The van der Waals surface area contributed by atoms with Gasteiger partial charge in [-0.1, -0.05) is 28.6 Å². The summed E-state index contributed by atoms with van der Waals surface area (Å²) in [7, 11) is 1.46. The van der Waals surface area contributed by atoms with E-state index in [1.54, 1.807) is 24.3 Å². The Hall–Kier alpha value is -1.73. The second-order valence-corrected chi connectivity index (χ2v) is 6.44. The molecule has 2 amide bonds. The number of rotatable bonds is 6. The fourth-order valence-corrected chi connectivity index (χ4v) is 3.13. The number of benzene rings is 1. The molecule has 1 aliphatic heterocycles. The lowest BCUT2D eigenvalue weighted by atomic mass is 10.2. The number of carbonyl (C=O) groups excluding carboxylic acids is 2. The van der Waals surface area contributed by atoms with Gasteiger partial charge in [0.25, 0.3) is 11.1 Å². The van der Waals surface area contributed by atoms with Gasteiger partial charge in [0.2, 0.25) is 0 Å². The minimum atomic E-state index is -0.308. The number of halogens is 1. The molecule has 23 heavy (non-hydrogen) atoms. The molecular weight excluding hydrogens is 382 g/mol. The molecule has 0 aliphatic carbocycles. The molecule has 1 aromatic rings. The van der Waals surface area contributed by atoms with E-state index in [9.17, 15) is 9.59 Å². The largest absolute Gasteiger partial charge is 0.490 e. The molecule has 0 atom stereocenters. The summed E-state index contributed by atoms with van der Waals surface area (Å²) in [5, 5.41) is -0.284. The van der Waals surface area contributed by atoms with Gasteiger partial charge in [0.15, 0.2) is 11.5 Å². The summed E-state index contributed by atoms with van der Waals surface area (Å²) in [6.07, 6.45) is 3.31. The van der Waals surface area contributed by atoms with E-state index >= 15 is 0 Å². The van der Waals surface area contributed by atoms with Crippen LogP contribution in [0.1, 0.15) is 12.5 Å². The molecule has 7 heteroatoms. The predicted octanol–water partition coefficient (Wildman–Crippen LogP) is 4.08. The van der Waals surface area contributed by atoms with Crippen LogP contribution in [0.5, 0.6) is 11.5 Å². The van der Waals surface area contributed by atoms with E-state index in [1.165, 1.54) is 7.05 Å². The van der Waals surface area contributed by atoms with Crippen LogP contribution < -0.4 is 9.47 Å². The first-order chi connectivity index (χ1) is 11.0. The number of ether oxygens (including phenoxy) is 2. The molecule has 1 saturated heterocycles. The Balaban J connectivity index is 2.39. The molecular formula is C16H16BrNO4S. The molecule has 0 N–H and O–H groups in total. The highest BCUT2D eigenvalue weighted by Crippen LogP contribution is 2.37. The minimum absolute atomic E-state index is 0.284. The lowest BCUT2D eigenvalue weighted by molar-refractivity contribution is -0.121. The monoisotopic (exact) mass is 397 g/mol. The van der Waals surface area contributed by atoms with Crippen LogP contribution in [0, 0.1) is 0 Å². The summed E-state index contributed by atoms with van der Waals surface area (Å²) in [4.78, 5) is 25.0. The second kappa shape index (κ2) is 7.70. The molecule has 1 aliphatic rings. The summed E-state index contributed by atoms with van der Waals surface area (Å²) in [5.74, 6) is 0.843. The van der Waals surface area contributed by atoms with Crippen LogP contribution >= 0.6 is 27.7 Å². The quantitative estimate of drug-likeness (QED) is 0.534. The molecule has 0 radical (unpaired) electrons. The molecule has 0 spiro atoms. The van der Waals surface area contributed by atoms with Gasteiger partial charge in [0, 0.05) is 11.5 Å². The summed E-state index contributed by atoms with van der Waals surface area (Å²) in [6.45, 7) is 6.34. The van der Waals surface area contributed by atoms with Gasteiger partial charge in [-0.05, 0) is 42.5 Å². The standard InChI is InChI=1S/C16H16BrNO4S/c1-4-6-22-13-9-11(17)10(7-12(13)21-5-2)8-14-15(19)18(3)16(20)23-14/h4,7-9H,1,5-6H2,2-3H3/b14-8-. The maximum Gasteiger partial charge on any atom is 0.293 e. The Morgan fingerprint density at radius 1 is 1.30 bits per heavy atom. The molecule has 1 aromatic carbocycles. The van der Waals surface area contributed by atoms with Crippen molar-refractivity contribution in [3.05, 3.63) is 39.7 Å². The predicted molar refractivity (Wildman–Crippen MR) is 94.7 cm³/mol. The third kappa shape index (κ3) is 3.97. The second-order valence-electron chi connectivity index (χ2n) is 4.59. The van der Waals surface area contributed by atoms with Crippen molar-refractivity contribution in [3.63, 3.8) is 0 Å². The van der Waals surface area contributed by atoms with Gasteiger partial charge < -0.3 is 9.47 Å². The first-order valence-electron chi connectivity index (χ1n) is 6.89. The van der Waals surface area contributed by atoms with Crippen molar-refractivity contribution in [2.24, 2.45) is 0 Å². The first kappa shape index (κ1) is 17.6. The van der Waals surface area contributed by atoms with E-state index in [0.717, 1.165) is 26.7 Å². The number of likely N-dealkylation sites (N-methyl/N-ethyl adjacent to an activating group) is 1. The number of amides is 2. The highest BCUT2D eigenvalue weighted by Gasteiger charge is 2.32. The summed E-state index contributed by atoms with van der Waals surface area (Å²) in [5.41, 5.74) is 0.735. The van der Waals surface area contributed by atoms with E-state index < -0.39 is 0 Å². The fraction of sp³-hybridized carbons (Fsp3) is 0.250. The first-order valence-corrected chi connectivity index (χ1v) is 8.50. The van der Waals surface area contributed by atoms with Crippen LogP contribution in [0.4, 0.5) is 4.79 Å². The molecule has 1 fully saturated rings. The zero-order valence-corrected chi connectivity index (χ0v) is 15.2. The zero-order chi connectivity index (χ0) is 17.0. The molecule has 2 rings (SSSR count). The van der Waals surface area contributed by atoms with Crippen molar-refractivity contribution in [3.8, 4) is 11.5 Å². The zero-order valence-electron chi connectivity index (χ0n) is 12.8. The van der Waals surface area contributed by atoms with E-state index in [4.69, 9.17) is 9.47 Å². The van der Waals surface area contributed by atoms with Crippen molar-refractivity contribution >= 4 is 44.9 Å². The third-order valence-electron chi connectivity index (χ3n) is 2.99. The third-order valence-corrected chi connectivity index (χ3v) is 4.64. The number of nitrogens with zero attached hydrogens (tertiary/aromatic N) is 1. The average molecular weight is 398 g/mol. The van der Waals surface area contributed by atoms with Crippen LogP contribution in [-0.4, -0.2) is 36.3 Å². The molecule has 0 unspecified atom stereocenters. The summed E-state index contributed by atoms with van der Waals surface area (Å²) < 4.78 is 11.9. The molecule has 0 saturated carbocycles. The highest BCUT2D eigenvalue weighted by molar-refractivity contribution is 9.10. The SMILES string of the molecule is C=CCOc1cc(Br)c(/C=C2\SC(=O)N(C)C2=O)cc1OCC. The topological polar surface area (TPSA) is 55.8 Å². The maximum atomic E-state index is 12.0. The number of thioether (sulfide) groups is 1. The lowest BCUT2D eigenvalue weighted by Gasteiger charge is -2.13. The Bertz CT molecular complexity index is 687. The molecule has 122 valence electrons. The van der Waals surface area contributed by atoms with Gasteiger partial charge in [-0.2, -0.15) is 0 Å². The summed E-state index contributed by atoms with van der Waals surface area (Å²) in [6, 6.07) is 3.55. The highest BCUT2D eigenvalue weighted by atomic mass is 79.9. The van der Waals surface area contributed by atoms with E-state index in [-0.39, 0.29) is 11.1 Å². The fourth-order valence-electron chi connectivity index (χ4n) is 1.88. The number of carbonyl (C=O) groups is 2. The van der Waals surface area contributed by atoms with Gasteiger partial charge in [-0.3, -0.25) is 14.5 Å². The smallest absolute Gasteiger partial charge is 0.293 e. The average Bonchev–Trinajstić information content (AvgIpc) is 2.76. The molecule has 5 nitrogen and oxygen atoms in total. The van der Waals surface area contributed by atoms with Crippen LogP contribution in [-0.2, 0) is 4.79 Å². The van der Waals surface area contributed by atoms with E-state index in [1.807, 2.05) is 6.92 Å². The van der Waals surface area contributed by atoms with E-state index in [0.29, 0.717) is 29.6 Å². The Morgan fingerprint density at radius 2 is 2.00 bits per heavy atom. The number of imide groups is 1. The van der Waals surface area contributed by atoms with Crippen molar-refractivity contribution in [2.45, 2.75) is 6.92 Å². The van der Waals surface area contributed by atoms with Crippen molar-refractivity contribution in [2.75, 3.05) is 20.3 Å². The normalized spacial score (nSPS) is 16.1. The van der Waals surface area contributed by atoms with Crippen LogP contribution in [0.3, 0.4) is 0 Å². The van der Waals surface area contributed by atoms with Crippen molar-refractivity contribution < 1.29 is 19.1 Å². The lowest BCUT2D eigenvalue weighted by Crippen LogP contribution is -2.22. The minimum Gasteiger partial charge on any atom is -0.490 e. The van der Waals surface area contributed by atoms with Crippen molar-refractivity contribution in [1.29, 1.82) is 0 Å². The molecule has 0 aromatic heterocycles. The van der Waals surface area contributed by atoms with Gasteiger partial charge in [-0.15, -0.1) is 0 Å². The Morgan fingerprint density at radius 3 is 2.57 bits per heavy atom. The Labute approximate surface area is 147 Å². The number of hydrogen-bond acceptors (Lipinski definition) is 5. The van der Waals surface area contributed by atoms with Gasteiger partial charge >= 0.3 is 0 Å². The molecule has 1 heterocycles. The van der Waals surface area contributed by atoms with Gasteiger partial charge in [-0.25, -0.2) is 0 Å². The van der Waals surface area contributed by atoms with Gasteiger partial charge in [0.05, 0.1) is 11.5 Å². The number of hydrogen-bond donors (Lipinski definition) is 0. The van der Waals surface area contributed by atoms with E-state index in [2.05, 4.69) is 22.5 Å². The Kier molecular flexibility index (Phi) is 5.90. The maximum absolute atomic E-state index is 12.0. The van der Waals surface area contributed by atoms with Crippen molar-refractivity contribution in [1.82, 2.24) is 4.90 Å². The van der Waals surface area contributed by atoms with Gasteiger partial charge in [0.1, 0.15) is 6.61 Å². The van der Waals surface area contributed by atoms with Crippen LogP contribution in [0.25, 0.3) is 6.08 Å². The summed E-state index contributed by atoms with van der Waals surface area (Å²) >= 11 is 4.37. The van der Waals surface area contributed by atoms with Crippen LogP contribution in [0.15, 0.2) is 34.2 Å². The van der Waals surface area contributed by atoms with Crippen LogP contribution in [0.2, 0.25) is 0 Å². The molecule has 0 bridgehead atoms.